The molecule has 0 saturated carbocycles. The minimum absolute atomic E-state index is 0.0425. The third-order valence-electron chi connectivity index (χ3n) is 3.32. The molecule has 1 fully saturated rings. The van der Waals surface area contributed by atoms with Crippen LogP contribution in [0.5, 0.6) is 0 Å². The van der Waals surface area contributed by atoms with E-state index in [4.69, 9.17) is 22.6 Å². The van der Waals surface area contributed by atoms with Crippen LogP contribution in [0.25, 0.3) is 0 Å². The van der Waals surface area contributed by atoms with Crippen molar-refractivity contribution in [1.82, 2.24) is 0 Å². The molecule has 1 amide bonds. The molecule has 0 radical (unpaired) electrons. The van der Waals surface area contributed by atoms with Gasteiger partial charge in [0.15, 0.2) is 0 Å². The van der Waals surface area contributed by atoms with Crippen molar-refractivity contribution in [2.75, 3.05) is 18.0 Å². The summed E-state index contributed by atoms with van der Waals surface area (Å²) in [5, 5.41) is 9.66. The van der Waals surface area contributed by atoms with Gasteiger partial charge in [0, 0.05) is 24.0 Å². The number of nitrogens with two attached hydrogens (primary N) is 1. The predicted molar refractivity (Wildman–Crippen MR) is 70.3 cm³/mol. The Bertz CT molecular complexity index is 501. The second kappa shape index (κ2) is 5.28. The number of carbonyl (C=O) groups excluding carboxylic acids is 1. The van der Waals surface area contributed by atoms with E-state index in [1.54, 1.807) is 12.1 Å². The van der Waals surface area contributed by atoms with Gasteiger partial charge in [0.05, 0.1) is 11.3 Å². The van der Waals surface area contributed by atoms with Crippen LogP contribution in [-0.4, -0.2) is 19.0 Å². The van der Waals surface area contributed by atoms with Crippen LogP contribution in [0.15, 0.2) is 18.2 Å². The summed E-state index contributed by atoms with van der Waals surface area (Å²) >= 11 is 5.87. The first-order valence-corrected chi connectivity index (χ1v) is 6.23. The molecule has 1 saturated heterocycles. The maximum absolute atomic E-state index is 11.1. The van der Waals surface area contributed by atoms with Gasteiger partial charge in [0.25, 0.3) is 0 Å². The van der Waals surface area contributed by atoms with Crippen LogP contribution in [0.4, 0.5) is 5.69 Å². The summed E-state index contributed by atoms with van der Waals surface area (Å²) in [6.07, 6.45) is 1.48. The maximum Gasteiger partial charge on any atom is 0.220 e. The molecular weight excluding hydrogens is 250 g/mol. The van der Waals surface area contributed by atoms with Crippen LogP contribution in [0.3, 0.4) is 0 Å². The Labute approximate surface area is 111 Å². The lowest BCUT2D eigenvalue weighted by Gasteiger charge is -2.32. The Balaban J connectivity index is 2.15. The van der Waals surface area contributed by atoms with E-state index in [0.29, 0.717) is 10.6 Å². The molecule has 2 N–H and O–H groups in total. The number of primary amides is 1. The third-order valence-corrected chi connectivity index (χ3v) is 3.55. The summed E-state index contributed by atoms with van der Waals surface area (Å²) < 4.78 is 0. The van der Waals surface area contributed by atoms with Gasteiger partial charge in [0.2, 0.25) is 5.91 Å². The molecule has 1 aliphatic rings. The van der Waals surface area contributed by atoms with Crippen LogP contribution in [-0.2, 0) is 4.79 Å². The van der Waals surface area contributed by atoms with Crippen molar-refractivity contribution in [3.05, 3.63) is 28.8 Å². The second-order valence-electron chi connectivity index (χ2n) is 4.44. The summed E-state index contributed by atoms with van der Waals surface area (Å²) in [6.45, 7) is 1.48. The Morgan fingerprint density at radius 1 is 1.44 bits per heavy atom. The van der Waals surface area contributed by atoms with E-state index >= 15 is 0 Å². The third kappa shape index (κ3) is 2.57. The second-order valence-corrected chi connectivity index (χ2v) is 4.87. The van der Waals surface area contributed by atoms with Crippen LogP contribution >= 0.6 is 11.6 Å². The molecular formula is C13H14ClN3O. The van der Waals surface area contributed by atoms with Crippen LogP contribution in [0, 0.1) is 17.2 Å². The fourth-order valence-electron chi connectivity index (χ4n) is 2.28. The zero-order valence-electron chi connectivity index (χ0n) is 9.90. The average Bonchev–Trinajstić information content (AvgIpc) is 2.38. The van der Waals surface area contributed by atoms with Crippen molar-refractivity contribution in [2.24, 2.45) is 11.7 Å². The standard InChI is InChI=1S/C13H14ClN3O/c14-11-1-2-12(10(7-11)8-15)17-5-3-9(4-6-17)13(16)18/h1-2,7,9H,3-6H2,(H2,16,18). The van der Waals surface area contributed by atoms with Gasteiger partial charge in [-0.2, -0.15) is 5.26 Å². The van der Waals surface area contributed by atoms with Crippen LogP contribution in [0.1, 0.15) is 18.4 Å². The fourth-order valence-corrected chi connectivity index (χ4v) is 2.45. The Morgan fingerprint density at radius 2 is 2.11 bits per heavy atom. The molecule has 0 aromatic heterocycles. The lowest BCUT2D eigenvalue weighted by molar-refractivity contribution is -0.122. The molecule has 5 heteroatoms. The SMILES string of the molecule is N#Cc1cc(Cl)ccc1N1CCC(C(N)=O)CC1. The van der Waals surface area contributed by atoms with E-state index < -0.39 is 0 Å². The van der Waals surface area contributed by atoms with Crippen molar-refractivity contribution in [1.29, 1.82) is 5.26 Å². The summed E-state index contributed by atoms with van der Waals surface area (Å²) in [5.41, 5.74) is 6.75. The maximum atomic E-state index is 11.1. The number of rotatable bonds is 2. The van der Waals surface area contributed by atoms with Gasteiger partial charge in [0.1, 0.15) is 6.07 Å². The Morgan fingerprint density at radius 3 is 2.67 bits per heavy atom. The van der Waals surface area contributed by atoms with Crippen molar-refractivity contribution >= 4 is 23.2 Å². The summed E-state index contributed by atoms with van der Waals surface area (Å²) in [4.78, 5) is 13.2. The molecule has 18 heavy (non-hydrogen) atoms. The molecule has 0 unspecified atom stereocenters. The van der Waals surface area contributed by atoms with Crippen molar-refractivity contribution in [2.45, 2.75) is 12.8 Å². The van der Waals surface area contributed by atoms with Gasteiger partial charge in [-0.25, -0.2) is 0 Å². The lowest BCUT2D eigenvalue weighted by Crippen LogP contribution is -2.38. The number of amides is 1. The number of nitriles is 1. The number of hydrogen-bond acceptors (Lipinski definition) is 3. The average molecular weight is 264 g/mol. The number of nitrogens with zero attached hydrogens (tertiary/aromatic N) is 2. The summed E-state index contributed by atoms with van der Waals surface area (Å²) in [7, 11) is 0. The smallest absolute Gasteiger partial charge is 0.220 e. The zero-order valence-corrected chi connectivity index (χ0v) is 10.7. The first-order valence-electron chi connectivity index (χ1n) is 5.85. The molecule has 0 spiro atoms. The first-order chi connectivity index (χ1) is 8.61. The highest BCUT2D eigenvalue weighted by molar-refractivity contribution is 6.30. The number of piperidine rings is 1. The van der Waals surface area contributed by atoms with E-state index in [9.17, 15) is 4.79 Å². The number of carbonyl (C=O) groups is 1. The first kappa shape index (κ1) is 12.7. The van der Waals surface area contributed by atoms with Crippen molar-refractivity contribution in [3.63, 3.8) is 0 Å². The van der Waals surface area contributed by atoms with Crippen LogP contribution in [0.2, 0.25) is 5.02 Å². The quantitative estimate of drug-likeness (QED) is 0.886. The van der Waals surface area contributed by atoms with Gasteiger partial charge in [-0.15, -0.1) is 0 Å². The number of halogens is 1. The number of anilines is 1. The van der Waals surface area contributed by atoms with Gasteiger partial charge < -0.3 is 10.6 Å². The van der Waals surface area contributed by atoms with Gasteiger partial charge in [-0.3, -0.25) is 4.79 Å². The molecule has 1 aliphatic heterocycles. The number of hydrogen-bond donors (Lipinski definition) is 1. The van der Waals surface area contributed by atoms with Crippen LogP contribution < -0.4 is 10.6 Å². The summed E-state index contributed by atoms with van der Waals surface area (Å²) in [5.74, 6) is -0.273. The van der Waals surface area contributed by atoms with Crippen molar-refractivity contribution < 1.29 is 4.79 Å². The summed E-state index contributed by atoms with van der Waals surface area (Å²) in [6, 6.07) is 7.44. The highest BCUT2D eigenvalue weighted by atomic mass is 35.5. The topological polar surface area (TPSA) is 70.1 Å². The minimum Gasteiger partial charge on any atom is -0.370 e. The van der Waals surface area contributed by atoms with Gasteiger partial charge in [-0.05, 0) is 31.0 Å². The number of benzene rings is 1. The lowest BCUT2D eigenvalue weighted by atomic mass is 9.95. The van der Waals surface area contributed by atoms with E-state index in [0.717, 1.165) is 31.6 Å². The normalized spacial score (nSPS) is 16.3. The molecule has 1 heterocycles. The molecule has 0 aliphatic carbocycles. The molecule has 1 aromatic carbocycles. The molecule has 0 bridgehead atoms. The van der Waals surface area contributed by atoms with Crippen molar-refractivity contribution in [3.8, 4) is 6.07 Å². The largest absolute Gasteiger partial charge is 0.370 e. The van der Waals surface area contributed by atoms with E-state index in [-0.39, 0.29) is 11.8 Å². The van der Waals surface area contributed by atoms with E-state index in [2.05, 4.69) is 11.0 Å². The van der Waals surface area contributed by atoms with Gasteiger partial charge >= 0.3 is 0 Å². The van der Waals surface area contributed by atoms with Gasteiger partial charge in [-0.1, -0.05) is 11.6 Å². The minimum atomic E-state index is -0.230. The molecule has 2 rings (SSSR count). The highest BCUT2D eigenvalue weighted by Crippen LogP contribution is 2.28. The fraction of sp³-hybridized carbons (Fsp3) is 0.385. The molecule has 1 aromatic rings. The molecule has 94 valence electrons. The molecule has 4 nitrogen and oxygen atoms in total. The Hall–Kier alpha value is -1.73. The predicted octanol–water partition coefficient (Wildman–Crippen LogP) is 1.91. The highest BCUT2D eigenvalue weighted by Gasteiger charge is 2.24. The van der Waals surface area contributed by atoms with E-state index in [1.165, 1.54) is 0 Å². The Kier molecular flexibility index (Phi) is 3.73. The zero-order chi connectivity index (χ0) is 13.1. The van der Waals surface area contributed by atoms with E-state index in [1.807, 2.05) is 6.07 Å². The monoisotopic (exact) mass is 263 g/mol. The molecule has 0 atom stereocenters.